The summed E-state index contributed by atoms with van der Waals surface area (Å²) in [4.78, 5) is 19.5. The summed E-state index contributed by atoms with van der Waals surface area (Å²) in [5, 5.41) is 0. The summed E-state index contributed by atoms with van der Waals surface area (Å²) in [6.07, 6.45) is 21.6. The van der Waals surface area contributed by atoms with Crippen LogP contribution < -0.4 is 0 Å². The highest BCUT2D eigenvalue weighted by molar-refractivity contribution is 5.85. The van der Waals surface area contributed by atoms with Crippen molar-refractivity contribution in [1.29, 1.82) is 0 Å². The number of carbonyl (C=O) groups excluding carboxylic acids is 1. The van der Waals surface area contributed by atoms with Crippen molar-refractivity contribution < 1.29 is 9.53 Å². The molecule has 1 aliphatic rings. The van der Waals surface area contributed by atoms with E-state index in [9.17, 15) is 4.79 Å². The van der Waals surface area contributed by atoms with Gasteiger partial charge in [0.25, 0.3) is 0 Å². The Bertz CT molecular complexity index is 811. The molecule has 0 radical (unpaired) electrons. The first-order valence-electron chi connectivity index (χ1n) is 12.6. The molecule has 0 aliphatic heterocycles. The lowest BCUT2D eigenvalue weighted by Crippen LogP contribution is -2.19. The van der Waals surface area contributed by atoms with Crippen molar-refractivity contribution in [3.8, 4) is 0 Å². The fourth-order valence-corrected chi connectivity index (χ4v) is 4.50. The Labute approximate surface area is 195 Å². The molecule has 0 aromatic carbocycles. The second kappa shape index (κ2) is 13.4. The van der Waals surface area contributed by atoms with Gasteiger partial charge in [-0.2, -0.15) is 0 Å². The van der Waals surface area contributed by atoms with Crippen LogP contribution in [0.2, 0.25) is 0 Å². The van der Waals surface area contributed by atoms with Crippen LogP contribution in [0.3, 0.4) is 0 Å². The molecule has 1 aromatic heterocycles. The molecule has 178 valence electrons. The molecule has 1 heterocycles. The number of ether oxygens (including phenoxy) is 1. The van der Waals surface area contributed by atoms with Gasteiger partial charge in [-0.3, -0.25) is 0 Å². The van der Waals surface area contributed by atoms with E-state index in [1.54, 1.807) is 6.20 Å². The number of rotatable bonds is 13. The third-order valence-electron chi connectivity index (χ3n) is 6.46. The lowest BCUT2D eigenvalue weighted by Gasteiger charge is -2.32. The highest BCUT2D eigenvalue weighted by atomic mass is 16.5. The molecule has 4 nitrogen and oxygen atoms in total. The monoisotopic (exact) mass is 440 g/mol. The maximum atomic E-state index is 12.2. The number of allylic oxidation sites excluding steroid dienone is 5. The maximum Gasteiger partial charge on any atom is 0.374 e. The fraction of sp³-hybridized carbons (Fsp3) is 0.643. The van der Waals surface area contributed by atoms with Crippen molar-refractivity contribution in [3.05, 3.63) is 46.6 Å². The van der Waals surface area contributed by atoms with Gasteiger partial charge in [0.15, 0.2) is 0 Å². The summed E-state index contributed by atoms with van der Waals surface area (Å²) < 4.78 is 5.38. The van der Waals surface area contributed by atoms with Crippen LogP contribution in [0.5, 0.6) is 0 Å². The number of hydrogen-bond acceptors (Lipinski definition) is 3. The standard InChI is InChI=1S/C28H44N2O2/c1-6-7-8-9-10-11-12-13-19-32-27(31)26-29-21-24(30-26)20-22(2)16-17-25-23(3)15-14-18-28(25,4)5/h16-17,20-21H,6-15,18-19H2,1-5H3,(H,29,30). The number of esters is 1. The summed E-state index contributed by atoms with van der Waals surface area (Å²) in [6.45, 7) is 11.7. The number of aromatic nitrogens is 2. The van der Waals surface area contributed by atoms with Gasteiger partial charge in [-0.25, -0.2) is 9.78 Å². The van der Waals surface area contributed by atoms with Crippen LogP contribution in [0.4, 0.5) is 0 Å². The summed E-state index contributed by atoms with van der Waals surface area (Å²) in [7, 11) is 0. The Morgan fingerprint density at radius 2 is 1.84 bits per heavy atom. The van der Waals surface area contributed by atoms with Crippen LogP contribution in [0, 0.1) is 5.41 Å². The number of nitrogens with one attached hydrogen (secondary N) is 1. The number of aromatic amines is 1. The second-order valence-electron chi connectivity index (χ2n) is 9.95. The van der Waals surface area contributed by atoms with Crippen LogP contribution in [0.15, 0.2) is 35.1 Å². The van der Waals surface area contributed by atoms with Crippen LogP contribution in [-0.4, -0.2) is 22.5 Å². The van der Waals surface area contributed by atoms with E-state index in [4.69, 9.17) is 4.74 Å². The molecule has 0 saturated carbocycles. The molecule has 0 amide bonds. The number of nitrogens with zero attached hydrogens (tertiary/aromatic N) is 1. The van der Waals surface area contributed by atoms with Crippen LogP contribution in [0.25, 0.3) is 6.08 Å². The van der Waals surface area contributed by atoms with Gasteiger partial charge >= 0.3 is 5.97 Å². The maximum absolute atomic E-state index is 12.2. The van der Waals surface area contributed by atoms with E-state index in [2.05, 4.69) is 56.7 Å². The van der Waals surface area contributed by atoms with Crippen LogP contribution >= 0.6 is 0 Å². The van der Waals surface area contributed by atoms with Gasteiger partial charge in [-0.1, -0.05) is 83.4 Å². The zero-order valence-electron chi connectivity index (χ0n) is 21.1. The van der Waals surface area contributed by atoms with Gasteiger partial charge in [0, 0.05) is 0 Å². The van der Waals surface area contributed by atoms with Gasteiger partial charge in [0.05, 0.1) is 18.5 Å². The number of carbonyl (C=O) groups is 1. The molecule has 2 rings (SSSR count). The Kier molecular flexibility index (Phi) is 11.0. The van der Waals surface area contributed by atoms with Crippen molar-refractivity contribution in [1.82, 2.24) is 9.97 Å². The minimum Gasteiger partial charge on any atom is -0.460 e. The predicted molar refractivity (Wildman–Crippen MR) is 135 cm³/mol. The van der Waals surface area contributed by atoms with Crippen molar-refractivity contribution >= 4 is 12.0 Å². The average molecular weight is 441 g/mol. The van der Waals surface area contributed by atoms with Crippen molar-refractivity contribution in [2.45, 2.75) is 105 Å². The molecule has 32 heavy (non-hydrogen) atoms. The fourth-order valence-electron chi connectivity index (χ4n) is 4.50. The Balaban J connectivity index is 1.78. The molecular formula is C28H44N2O2. The normalized spacial score (nSPS) is 16.7. The zero-order chi connectivity index (χ0) is 23.4. The topological polar surface area (TPSA) is 55.0 Å². The lowest BCUT2D eigenvalue weighted by atomic mass is 9.72. The molecule has 0 saturated heterocycles. The van der Waals surface area contributed by atoms with Gasteiger partial charge in [-0.15, -0.1) is 0 Å². The summed E-state index contributed by atoms with van der Waals surface area (Å²) in [5.41, 5.74) is 5.12. The van der Waals surface area contributed by atoms with E-state index >= 15 is 0 Å². The minimum absolute atomic E-state index is 0.235. The van der Waals surface area contributed by atoms with Crippen LogP contribution in [0.1, 0.15) is 122 Å². The van der Waals surface area contributed by atoms with Gasteiger partial charge in [0.1, 0.15) is 0 Å². The highest BCUT2D eigenvalue weighted by Crippen LogP contribution is 2.40. The van der Waals surface area contributed by atoms with E-state index in [0.717, 1.165) is 24.1 Å². The molecule has 0 spiro atoms. The smallest absolute Gasteiger partial charge is 0.374 e. The molecule has 0 unspecified atom stereocenters. The largest absolute Gasteiger partial charge is 0.460 e. The lowest BCUT2D eigenvalue weighted by molar-refractivity contribution is 0.0484. The van der Waals surface area contributed by atoms with E-state index < -0.39 is 0 Å². The Morgan fingerprint density at radius 3 is 2.53 bits per heavy atom. The number of hydrogen-bond donors (Lipinski definition) is 1. The number of imidazole rings is 1. The third-order valence-corrected chi connectivity index (χ3v) is 6.46. The minimum atomic E-state index is -0.370. The molecule has 1 aliphatic carbocycles. The first-order chi connectivity index (χ1) is 15.3. The van der Waals surface area contributed by atoms with Gasteiger partial charge < -0.3 is 9.72 Å². The van der Waals surface area contributed by atoms with E-state index in [0.29, 0.717) is 6.61 Å². The molecule has 0 fully saturated rings. The first-order valence-corrected chi connectivity index (χ1v) is 12.6. The third kappa shape index (κ3) is 8.80. The first kappa shape index (κ1) is 26.2. The summed E-state index contributed by atoms with van der Waals surface area (Å²) >= 11 is 0. The number of H-pyrrole nitrogens is 1. The van der Waals surface area contributed by atoms with Crippen LogP contribution in [-0.2, 0) is 4.74 Å². The quantitative estimate of drug-likeness (QED) is 0.191. The highest BCUT2D eigenvalue weighted by Gasteiger charge is 2.26. The van der Waals surface area contributed by atoms with Crippen molar-refractivity contribution in [2.75, 3.05) is 6.61 Å². The second-order valence-corrected chi connectivity index (χ2v) is 9.95. The zero-order valence-corrected chi connectivity index (χ0v) is 21.1. The molecule has 1 N–H and O–H groups in total. The van der Waals surface area contributed by atoms with Gasteiger partial charge in [0.2, 0.25) is 5.82 Å². The van der Waals surface area contributed by atoms with Crippen molar-refractivity contribution in [2.24, 2.45) is 5.41 Å². The summed E-state index contributed by atoms with van der Waals surface area (Å²) in [6, 6.07) is 0. The molecule has 1 aromatic rings. The molecule has 0 atom stereocenters. The van der Waals surface area contributed by atoms with E-state index in [1.165, 1.54) is 68.9 Å². The van der Waals surface area contributed by atoms with E-state index in [-0.39, 0.29) is 17.2 Å². The van der Waals surface area contributed by atoms with Gasteiger partial charge in [-0.05, 0) is 62.2 Å². The molecule has 0 bridgehead atoms. The SMILES string of the molecule is CCCCCCCCCCOC(=O)c1ncc(C=C(C)C=CC2=C(C)CCCC2(C)C)[nH]1. The Morgan fingerprint density at radius 1 is 1.16 bits per heavy atom. The number of unbranched alkanes of at least 4 members (excludes halogenated alkanes) is 7. The van der Waals surface area contributed by atoms with Crippen molar-refractivity contribution in [3.63, 3.8) is 0 Å². The van der Waals surface area contributed by atoms with E-state index in [1.807, 2.05) is 6.08 Å². The molecule has 4 heteroatoms. The molecular weight excluding hydrogens is 396 g/mol. The predicted octanol–water partition coefficient (Wildman–Crippen LogP) is 8.19. The Hall–Kier alpha value is -2.10. The summed E-state index contributed by atoms with van der Waals surface area (Å²) in [5.74, 6) is -0.0925. The average Bonchev–Trinajstić information content (AvgIpc) is 3.20.